The van der Waals surface area contributed by atoms with E-state index >= 15 is 0 Å². The average molecular weight is 218 g/mol. The van der Waals surface area contributed by atoms with Crippen LogP contribution in [0.2, 0.25) is 0 Å². The van der Waals surface area contributed by atoms with Crippen molar-refractivity contribution in [3.05, 3.63) is 17.3 Å². The number of nitrogens with zero attached hydrogens (tertiary/aromatic N) is 3. The van der Waals surface area contributed by atoms with E-state index in [9.17, 15) is 0 Å². The Morgan fingerprint density at radius 1 is 1.19 bits per heavy atom. The monoisotopic (exact) mass is 218 g/mol. The molecule has 0 bridgehead atoms. The minimum atomic E-state index is 1.06. The van der Waals surface area contributed by atoms with Gasteiger partial charge in [0.1, 0.15) is 5.69 Å². The molecule has 0 aromatic carbocycles. The summed E-state index contributed by atoms with van der Waals surface area (Å²) < 4.78 is 0. The van der Waals surface area contributed by atoms with Crippen LogP contribution in [-0.4, -0.2) is 25.1 Å². The first-order chi connectivity index (χ1) is 7.72. The fourth-order valence-corrected chi connectivity index (χ4v) is 2.41. The number of piperidine rings is 1. The summed E-state index contributed by atoms with van der Waals surface area (Å²) in [4.78, 5) is 7.04. The van der Waals surface area contributed by atoms with Crippen LogP contribution in [0, 0.1) is 13.8 Å². The number of hydrogen-bond acceptors (Lipinski definition) is 2. The van der Waals surface area contributed by atoms with E-state index in [-0.39, 0.29) is 0 Å². The lowest BCUT2D eigenvalue weighted by Crippen LogP contribution is -2.31. The van der Waals surface area contributed by atoms with Gasteiger partial charge in [0.2, 0.25) is 0 Å². The van der Waals surface area contributed by atoms with Gasteiger partial charge in [0.15, 0.2) is 5.82 Å². The van der Waals surface area contributed by atoms with E-state index in [1.165, 1.54) is 24.8 Å². The second-order valence-electron chi connectivity index (χ2n) is 4.52. The molecular weight excluding hydrogens is 198 g/mol. The number of hydrogen-bond donors (Lipinski definition) is 0. The fraction of sp³-hybridized carbons (Fsp3) is 0.615. The number of rotatable bonds is 2. The minimum absolute atomic E-state index is 1.06. The Morgan fingerprint density at radius 3 is 2.50 bits per heavy atom. The molecule has 1 radical (unpaired) electrons. The largest absolute Gasteiger partial charge is 0.355 e. The van der Waals surface area contributed by atoms with Gasteiger partial charge < -0.3 is 4.90 Å². The van der Waals surface area contributed by atoms with Gasteiger partial charge in [-0.1, -0.05) is 0 Å². The van der Waals surface area contributed by atoms with Gasteiger partial charge in [-0.15, -0.1) is 0 Å². The smallest absolute Gasteiger partial charge is 0.154 e. The number of aryl methyl sites for hydroxylation is 2. The third-order valence-electron chi connectivity index (χ3n) is 3.17. The van der Waals surface area contributed by atoms with Crippen molar-refractivity contribution in [1.82, 2.24) is 10.3 Å². The molecule has 16 heavy (non-hydrogen) atoms. The molecule has 0 unspecified atom stereocenters. The molecular formula is C13H20N3. The van der Waals surface area contributed by atoms with Crippen molar-refractivity contribution in [3.8, 4) is 0 Å². The Kier molecular flexibility index (Phi) is 3.32. The Morgan fingerprint density at radius 2 is 1.88 bits per heavy atom. The molecule has 3 heteroatoms. The zero-order valence-corrected chi connectivity index (χ0v) is 10.5. The van der Waals surface area contributed by atoms with E-state index < -0.39 is 0 Å². The second kappa shape index (κ2) is 4.73. The van der Waals surface area contributed by atoms with Crippen LogP contribution in [0.25, 0.3) is 0 Å². The molecule has 1 aliphatic heterocycles. The van der Waals surface area contributed by atoms with Crippen LogP contribution in [0.5, 0.6) is 0 Å². The molecule has 2 rings (SSSR count). The third-order valence-corrected chi connectivity index (χ3v) is 3.17. The molecule has 0 amide bonds. The van der Waals surface area contributed by atoms with Crippen molar-refractivity contribution in [1.29, 1.82) is 0 Å². The van der Waals surface area contributed by atoms with E-state index in [0.717, 1.165) is 30.3 Å². The lowest BCUT2D eigenvalue weighted by molar-refractivity contribution is 0.572. The second-order valence-corrected chi connectivity index (χ2v) is 4.52. The van der Waals surface area contributed by atoms with Gasteiger partial charge in [-0.2, -0.15) is 0 Å². The van der Waals surface area contributed by atoms with Gasteiger partial charge in [-0.05, 0) is 44.7 Å². The molecule has 1 aromatic heterocycles. The van der Waals surface area contributed by atoms with E-state index in [0.29, 0.717) is 0 Å². The SMILES string of the molecule is C[N]c1c(C)cc(C)nc1N1CCCCC1. The highest BCUT2D eigenvalue weighted by Gasteiger charge is 2.17. The summed E-state index contributed by atoms with van der Waals surface area (Å²) in [7, 11) is 1.85. The predicted octanol–water partition coefficient (Wildman–Crippen LogP) is 2.55. The van der Waals surface area contributed by atoms with Gasteiger partial charge in [-0.3, -0.25) is 5.32 Å². The molecule has 0 spiro atoms. The lowest BCUT2D eigenvalue weighted by atomic mass is 10.1. The van der Waals surface area contributed by atoms with Gasteiger partial charge in [0.05, 0.1) is 0 Å². The molecule has 0 N–H and O–H groups in total. The third kappa shape index (κ3) is 2.13. The first kappa shape index (κ1) is 11.2. The Hall–Kier alpha value is -1.25. The summed E-state index contributed by atoms with van der Waals surface area (Å²) in [5, 5.41) is 4.38. The molecule has 87 valence electrons. The van der Waals surface area contributed by atoms with Crippen molar-refractivity contribution < 1.29 is 0 Å². The van der Waals surface area contributed by atoms with Crippen molar-refractivity contribution in [2.45, 2.75) is 33.1 Å². The van der Waals surface area contributed by atoms with Crippen LogP contribution in [0.15, 0.2) is 6.07 Å². The first-order valence-electron chi connectivity index (χ1n) is 6.05. The summed E-state index contributed by atoms with van der Waals surface area (Å²) >= 11 is 0. The summed E-state index contributed by atoms with van der Waals surface area (Å²) in [6.45, 7) is 6.42. The number of pyridine rings is 1. The Labute approximate surface area is 97.9 Å². The first-order valence-corrected chi connectivity index (χ1v) is 6.05. The molecule has 1 saturated heterocycles. The van der Waals surface area contributed by atoms with Crippen LogP contribution >= 0.6 is 0 Å². The maximum atomic E-state index is 4.66. The Bertz CT molecular complexity index is 368. The van der Waals surface area contributed by atoms with Crippen LogP contribution in [0.3, 0.4) is 0 Å². The van der Waals surface area contributed by atoms with Gasteiger partial charge in [0, 0.05) is 25.8 Å². The van der Waals surface area contributed by atoms with Crippen LogP contribution in [-0.2, 0) is 0 Å². The van der Waals surface area contributed by atoms with Crippen molar-refractivity contribution in [3.63, 3.8) is 0 Å². The van der Waals surface area contributed by atoms with Crippen molar-refractivity contribution in [2.24, 2.45) is 0 Å². The van der Waals surface area contributed by atoms with E-state index in [1.807, 2.05) is 7.05 Å². The molecule has 1 aromatic rings. The van der Waals surface area contributed by atoms with E-state index in [4.69, 9.17) is 0 Å². The number of anilines is 1. The average Bonchev–Trinajstić information content (AvgIpc) is 2.29. The van der Waals surface area contributed by atoms with Gasteiger partial charge >= 0.3 is 0 Å². The van der Waals surface area contributed by atoms with Gasteiger partial charge in [-0.25, -0.2) is 4.98 Å². The highest BCUT2D eigenvalue weighted by atomic mass is 15.2. The van der Waals surface area contributed by atoms with Crippen LogP contribution in [0.4, 0.5) is 11.5 Å². The summed E-state index contributed by atoms with van der Waals surface area (Å²) in [5.41, 5.74) is 3.38. The summed E-state index contributed by atoms with van der Waals surface area (Å²) in [5.74, 6) is 1.08. The fourth-order valence-electron chi connectivity index (χ4n) is 2.41. The topological polar surface area (TPSA) is 30.2 Å². The van der Waals surface area contributed by atoms with E-state index in [1.54, 1.807) is 0 Å². The highest BCUT2D eigenvalue weighted by molar-refractivity contribution is 5.65. The standard InChI is InChI=1S/C13H20N3/c1-10-9-11(2)15-13(12(10)14-3)16-7-5-4-6-8-16/h9H,4-8H2,1-3H3. The zero-order valence-electron chi connectivity index (χ0n) is 10.5. The van der Waals surface area contributed by atoms with E-state index in [2.05, 4.69) is 35.1 Å². The predicted molar refractivity (Wildman–Crippen MR) is 67.5 cm³/mol. The molecule has 1 aliphatic rings. The quantitative estimate of drug-likeness (QED) is 0.763. The zero-order chi connectivity index (χ0) is 11.5. The molecule has 2 heterocycles. The van der Waals surface area contributed by atoms with Crippen molar-refractivity contribution >= 4 is 11.5 Å². The van der Waals surface area contributed by atoms with Crippen LogP contribution < -0.4 is 10.2 Å². The summed E-state index contributed by atoms with van der Waals surface area (Å²) in [6, 6.07) is 2.11. The molecule has 1 fully saturated rings. The molecule has 0 atom stereocenters. The molecule has 3 nitrogen and oxygen atoms in total. The maximum Gasteiger partial charge on any atom is 0.154 e. The molecule has 0 saturated carbocycles. The Balaban J connectivity index is 2.36. The number of aromatic nitrogens is 1. The highest BCUT2D eigenvalue weighted by Crippen LogP contribution is 2.29. The van der Waals surface area contributed by atoms with Crippen molar-refractivity contribution in [2.75, 3.05) is 25.0 Å². The minimum Gasteiger partial charge on any atom is -0.355 e. The molecule has 0 aliphatic carbocycles. The maximum absolute atomic E-state index is 4.66. The van der Waals surface area contributed by atoms with Crippen LogP contribution in [0.1, 0.15) is 30.5 Å². The lowest BCUT2D eigenvalue weighted by Gasteiger charge is -2.29. The normalized spacial score (nSPS) is 16.3. The van der Waals surface area contributed by atoms with Gasteiger partial charge in [0.25, 0.3) is 0 Å². The summed E-state index contributed by atoms with van der Waals surface area (Å²) in [6.07, 6.45) is 3.90.